The maximum atomic E-state index is 13.1. The summed E-state index contributed by atoms with van der Waals surface area (Å²) in [5.41, 5.74) is 2.82. The topological polar surface area (TPSA) is 100 Å². The van der Waals surface area contributed by atoms with Gasteiger partial charge in [0.15, 0.2) is 5.13 Å². The van der Waals surface area contributed by atoms with Crippen LogP contribution in [-0.4, -0.2) is 28.5 Å². The Kier molecular flexibility index (Phi) is 9.83. The standard InChI is InChI=1S/C31H23ClN4O3S3/c32-22-10-8-20(9-11-22)27-18-42-31(35-27)36-28(37)19-41-24-14-12-23(13-15-24)33-30(39)26(17-25-7-4-16-40-25)34-29(38)21-5-2-1-3-6-21/h1-18H,19H2,(H,33,39)(H,34,38)(H,35,36,37)/b26-17-. The molecular weight excluding hydrogens is 608 g/mol. The van der Waals surface area contributed by atoms with Crippen molar-refractivity contribution in [2.24, 2.45) is 0 Å². The van der Waals surface area contributed by atoms with E-state index in [9.17, 15) is 14.4 Å². The summed E-state index contributed by atoms with van der Waals surface area (Å²) < 4.78 is 0. The Labute approximate surface area is 259 Å². The summed E-state index contributed by atoms with van der Waals surface area (Å²) in [4.78, 5) is 44.5. The minimum atomic E-state index is -0.450. The van der Waals surface area contributed by atoms with E-state index >= 15 is 0 Å². The SMILES string of the molecule is O=C(CSc1ccc(NC(=O)/C(=C/c2cccs2)NC(=O)c2ccccc2)cc1)Nc1nc(-c2ccc(Cl)cc2)cs1. The van der Waals surface area contributed by atoms with Crippen molar-refractivity contribution in [1.29, 1.82) is 0 Å². The Balaban J connectivity index is 1.15. The maximum Gasteiger partial charge on any atom is 0.272 e. The van der Waals surface area contributed by atoms with Gasteiger partial charge in [0.1, 0.15) is 5.70 Å². The van der Waals surface area contributed by atoms with Gasteiger partial charge in [0, 0.05) is 37.0 Å². The number of aromatic nitrogens is 1. The second-order valence-electron chi connectivity index (χ2n) is 8.75. The number of nitrogens with zero attached hydrogens (tertiary/aromatic N) is 1. The molecule has 0 saturated carbocycles. The van der Waals surface area contributed by atoms with Gasteiger partial charge in [0.2, 0.25) is 5.91 Å². The van der Waals surface area contributed by atoms with Crippen LogP contribution in [0.25, 0.3) is 17.3 Å². The molecule has 5 rings (SSSR count). The number of carbonyl (C=O) groups excluding carboxylic acids is 3. The molecule has 0 fully saturated rings. The Hall–Kier alpha value is -4.22. The Bertz CT molecular complexity index is 1700. The lowest BCUT2D eigenvalue weighted by molar-refractivity contribution is -0.114. The molecule has 2 aromatic heterocycles. The second kappa shape index (κ2) is 14.1. The number of halogens is 1. The van der Waals surface area contributed by atoms with Gasteiger partial charge in [-0.05, 0) is 66.1 Å². The second-order valence-corrected chi connectivity index (χ2v) is 12.1. The highest BCUT2D eigenvalue weighted by Crippen LogP contribution is 2.27. The third-order valence-corrected chi connectivity index (χ3v) is 8.57. The van der Waals surface area contributed by atoms with Crippen LogP contribution < -0.4 is 16.0 Å². The molecule has 0 unspecified atom stereocenters. The number of carbonyl (C=O) groups is 3. The van der Waals surface area contributed by atoms with E-state index in [-0.39, 0.29) is 23.3 Å². The Morgan fingerprint density at radius 2 is 1.62 bits per heavy atom. The van der Waals surface area contributed by atoms with Gasteiger partial charge < -0.3 is 16.0 Å². The van der Waals surface area contributed by atoms with Gasteiger partial charge in [-0.3, -0.25) is 14.4 Å². The highest BCUT2D eigenvalue weighted by Gasteiger charge is 2.16. The molecule has 0 saturated heterocycles. The number of hydrogen-bond donors (Lipinski definition) is 3. The quantitative estimate of drug-likeness (QED) is 0.109. The molecule has 0 aliphatic rings. The van der Waals surface area contributed by atoms with E-state index in [2.05, 4.69) is 20.9 Å². The fourth-order valence-corrected chi connectivity index (χ4v) is 5.90. The molecule has 3 amide bonds. The van der Waals surface area contributed by atoms with Crippen LogP contribution in [0.4, 0.5) is 10.8 Å². The van der Waals surface area contributed by atoms with Crippen LogP contribution in [0, 0.1) is 0 Å². The zero-order valence-corrected chi connectivity index (χ0v) is 25.1. The first-order valence-corrected chi connectivity index (χ1v) is 15.7. The van der Waals surface area contributed by atoms with E-state index < -0.39 is 5.91 Å². The number of thiophene rings is 1. The van der Waals surface area contributed by atoms with Crippen LogP contribution in [0.15, 0.2) is 112 Å². The van der Waals surface area contributed by atoms with Gasteiger partial charge in [-0.2, -0.15) is 0 Å². The van der Waals surface area contributed by atoms with Crippen molar-refractivity contribution in [3.63, 3.8) is 0 Å². The molecule has 0 bridgehead atoms. The van der Waals surface area contributed by atoms with Crippen molar-refractivity contribution in [3.05, 3.63) is 123 Å². The molecular formula is C31H23ClN4O3S3. The van der Waals surface area contributed by atoms with Crippen molar-refractivity contribution in [1.82, 2.24) is 10.3 Å². The van der Waals surface area contributed by atoms with E-state index in [0.717, 1.165) is 21.0 Å². The normalized spacial score (nSPS) is 11.1. The average Bonchev–Trinajstić information content (AvgIpc) is 3.70. The monoisotopic (exact) mass is 630 g/mol. The summed E-state index contributed by atoms with van der Waals surface area (Å²) in [5.74, 6) is -0.806. The molecule has 210 valence electrons. The highest BCUT2D eigenvalue weighted by atomic mass is 35.5. The lowest BCUT2D eigenvalue weighted by atomic mass is 10.2. The number of thiazole rings is 1. The van der Waals surface area contributed by atoms with Crippen LogP contribution in [0.1, 0.15) is 15.2 Å². The largest absolute Gasteiger partial charge is 0.321 e. The van der Waals surface area contributed by atoms with Gasteiger partial charge >= 0.3 is 0 Å². The summed E-state index contributed by atoms with van der Waals surface area (Å²) >= 11 is 10.1. The first-order chi connectivity index (χ1) is 20.4. The van der Waals surface area contributed by atoms with Gasteiger partial charge in [0.25, 0.3) is 11.8 Å². The molecule has 0 radical (unpaired) electrons. The van der Waals surface area contributed by atoms with Crippen LogP contribution >= 0.6 is 46.0 Å². The first-order valence-electron chi connectivity index (χ1n) is 12.6. The highest BCUT2D eigenvalue weighted by molar-refractivity contribution is 8.00. The lowest BCUT2D eigenvalue weighted by Gasteiger charge is -2.11. The van der Waals surface area contributed by atoms with E-state index in [1.54, 1.807) is 54.6 Å². The van der Waals surface area contributed by atoms with Crippen LogP contribution in [-0.2, 0) is 9.59 Å². The molecule has 42 heavy (non-hydrogen) atoms. The van der Waals surface area contributed by atoms with Crippen molar-refractivity contribution < 1.29 is 14.4 Å². The van der Waals surface area contributed by atoms with Crippen molar-refractivity contribution in [2.75, 3.05) is 16.4 Å². The fraction of sp³-hybridized carbons (Fsp3) is 0.0323. The van der Waals surface area contributed by atoms with E-state index in [4.69, 9.17) is 11.6 Å². The Morgan fingerprint density at radius 3 is 2.33 bits per heavy atom. The van der Waals surface area contributed by atoms with Gasteiger partial charge in [-0.15, -0.1) is 34.4 Å². The maximum absolute atomic E-state index is 13.1. The molecule has 0 aliphatic carbocycles. The van der Waals surface area contributed by atoms with Crippen molar-refractivity contribution >= 4 is 80.7 Å². The summed E-state index contributed by atoms with van der Waals surface area (Å²) in [7, 11) is 0. The number of hydrogen-bond acceptors (Lipinski definition) is 7. The third kappa shape index (κ3) is 8.17. The minimum absolute atomic E-state index is 0.128. The first kappa shape index (κ1) is 29.3. The fourth-order valence-electron chi connectivity index (χ4n) is 3.68. The molecule has 2 heterocycles. The third-order valence-electron chi connectivity index (χ3n) is 5.73. The summed E-state index contributed by atoms with van der Waals surface area (Å²) in [5, 5.41) is 13.3. The van der Waals surface area contributed by atoms with Crippen molar-refractivity contribution in [3.8, 4) is 11.3 Å². The number of rotatable bonds is 10. The molecule has 5 aromatic rings. The molecule has 3 N–H and O–H groups in total. The predicted molar refractivity (Wildman–Crippen MR) is 173 cm³/mol. The zero-order chi connectivity index (χ0) is 29.3. The number of thioether (sulfide) groups is 1. The lowest BCUT2D eigenvalue weighted by Crippen LogP contribution is -2.30. The molecule has 0 aliphatic heterocycles. The zero-order valence-electron chi connectivity index (χ0n) is 21.9. The van der Waals surface area contributed by atoms with Gasteiger partial charge in [0.05, 0.1) is 11.4 Å². The minimum Gasteiger partial charge on any atom is -0.321 e. The van der Waals surface area contributed by atoms with E-state index in [0.29, 0.717) is 21.4 Å². The molecule has 0 spiro atoms. The number of benzene rings is 3. The average molecular weight is 631 g/mol. The molecule has 0 atom stereocenters. The van der Waals surface area contributed by atoms with E-state index in [1.165, 1.54) is 34.4 Å². The molecule has 11 heteroatoms. The summed E-state index contributed by atoms with van der Waals surface area (Å²) in [6.45, 7) is 0. The number of anilines is 2. The van der Waals surface area contributed by atoms with Gasteiger partial charge in [-0.25, -0.2) is 4.98 Å². The summed E-state index contributed by atoms with van der Waals surface area (Å²) in [6, 6.07) is 26.9. The van der Waals surface area contributed by atoms with Crippen LogP contribution in [0.5, 0.6) is 0 Å². The van der Waals surface area contributed by atoms with Crippen LogP contribution in [0.3, 0.4) is 0 Å². The molecule has 3 aromatic carbocycles. The van der Waals surface area contributed by atoms with E-state index in [1.807, 2.05) is 53.2 Å². The predicted octanol–water partition coefficient (Wildman–Crippen LogP) is 7.67. The Morgan fingerprint density at radius 1 is 0.857 bits per heavy atom. The van der Waals surface area contributed by atoms with Crippen molar-refractivity contribution in [2.45, 2.75) is 4.90 Å². The number of amides is 3. The van der Waals surface area contributed by atoms with Gasteiger partial charge in [-0.1, -0.05) is 48.0 Å². The smallest absolute Gasteiger partial charge is 0.272 e. The summed E-state index contributed by atoms with van der Waals surface area (Å²) in [6.07, 6.45) is 1.64. The molecule has 7 nitrogen and oxygen atoms in total. The van der Waals surface area contributed by atoms with Crippen LogP contribution in [0.2, 0.25) is 5.02 Å². The number of nitrogens with one attached hydrogen (secondary N) is 3.